The number of carbonyl (C=O) groups excluding carboxylic acids is 1. The van der Waals surface area contributed by atoms with E-state index in [1.807, 2.05) is 6.92 Å². The van der Waals surface area contributed by atoms with E-state index in [9.17, 15) is 17.6 Å². The van der Waals surface area contributed by atoms with Crippen LogP contribution in [0.15, 0.2) is 59.6 Å². The van der Waals surface area contributed by atoms with Gasteiger partial charge in [0.25, 0.3) is 5.91 Å². The van der Waals surface area contributed by atoms with Crippen LogP contribution in [0.3, 0.4) is 0 Å². The minimum atomic E-state index is -3.74. The van der Waals surface area contributed by atoms with Crippen molar-refractivity contribution in [2.45, 2.75) is 18.2 Å². The van der Waals surface area contributed by atoms with Gasteiger partial charge in [0.1, 0.15) is 5.82 Å². The number of sulfonamides is 1. The third-order valence-corrected chi connectivity index (χ3v) is 7.34. The number of carbonyl (C=O) groups is 1. The third-order valence-electron chi connectivity index (χ3n) is 5.38. The fourth-order valence-corrected chi connectivity index (χ4v) is 5.42. The molecular formula is C22H22FN3O3S. The minimum absolute atomic E-state index is 0.199. The minimum Gasteiger partial charge on any atom is -0.337 e. The maximum Gasteiger partial charge on any atom is 0.253 e. The summed E-state index contributed by atoms with van der Waals surface area (Å²) in [5.74, 6) is -0.626. The number of aromatic nitrogens is 1. The molecule has 1 aliphatic heterocycles. The summed E-state index contributed by atoms with van der Waals surface area (Å²) in [6.45, 7) is 3.14. The Morgan fingerprint density at radius 3 is 2.53 bits per heavy atom. The highest BCUT2D eigenvalue weighted by atomic mass is 32.2. The Kier molecular flexibility index (Phi) is 5.53. The van der Waals surface area contributed by atoms with E-state index >= 15 is 0 Å². The van der Waals surface area contributed by atoms with E-state index < -0.39 is 15.8 Å². The van der Waals surface area contributed by atoms with Crippen molar-refractivity contribution in [1.82, 2.24) is 14.2 Å². The lowest BCUT2D eigenvalue weighted by atomic mass is 10.1. The summed E-state index contributed by atoms with van der Waals surface area (Å²) in [7, 11) is -3.74. The zero-order valence-electron chi connectivity index (χ0n) is 16.6. The number of amides is 1. The van der Waals surface area contributed by atoms with Crippen molar-refractivity contribution in [3.8, 4) is 0 Å². The maximum absolute atomic E-state index is 13.4. The smallest absolute Gasteiger partial charge is 0.253 e. The Labute approximate surface area is 175 Å². The number of pyridine rings is 1. The number of hydrogen-bond donors (Lipinski definition) is 0. The second-order valence-electron chi connectivity index (χ2n) is 7.34. The molecule has 0 radical (unpaired) electrons. The van der Waals surface area contributed by atoms with Crippen LogP contribution in [0.2, 0.25) is 0 Å². The molecule has 6 nitrogen and oxygen atoms in total. The molecule has 0 bridgehead atoms. The number of halogens is 1. The van der Waals surface area contributed by atoms with Crippen LogP contribution in [-0.2, 0) is 10.0 Å². The second kappa shape index (κ2) is 8.12. The number of nitrogens with zero attached hydrogens (tertiary/aromatic N) is 3. The van der Waals surface area contributed by atoms with Gasteiger partial charge in [-0.25, -0.2) is 12.8 Å². The van der Waals surface area contributed by atoms with Crippen molar-refractivity contribution in [1.29, 1.82) is 0 Å². The highest BCUT2D eigenvalue weighted by Gasteiger charge is 2.30. The molecule has 8 heteroatoms. The summed E-state index contributed by atoms with van der Waals surface area (Å²) in [6, 6.07) is 12.3. The summed E-state index contributed by atoms with van der Waals surface area (Å²) in [5.41, 5.74) is 1.97. The fourth-order valence-electron chi connectivity index (χ4n) is 3.76. The highest BCUT2D eigenvalue weighted by Crippen LogP contribution is 2.27. The lowest BCUT2D eigenvalue weighted by Gasteiger charge is -2.22. The van der Waals surface area contributed by atoms with Gasteiger partial charge < -0.3 is 4.90 Å². The van der Waals surface area contributed by atoms with Crippen LogP contribution in [0.25, 0.3) is 10.9 Å². The van der Waals surface area contributed by atoms with E-state index in [1.54, 1.807) is 35.4 Å². The van der Waals surface area contributed by atoms with Gasteiger partial charge in [-0.05, 0) is 61.4 Å². The second-order valence-corrected chi connectivity index (χ2v) is 9.24. The first-order chi connectivity index (χ1) is 14.4. The van der Waals surface area contributed by atoms with Crippen LogP contribution >= 0.6 is 0 Å². The number of rotatable bonds is 3. The highest BCUT2D eigenvalue weighted by molar-refractivity contribution is 7.89. The van der Waals surface area contributed by atoms with Crippen LogP contribution in [0.5, 0.6) is 0 Å². The van der Waals surface area contributed by atoms with Gasteiger partial charge in [0, 0.05) is 43.3 Å². The third kappa shape index (κ3) is 3.80. The molecule has 1 amide bonds. The number of hydrogen-bond acceptors (Lipinski definition) is 4. The van der Waals surface area contributed by atoms with Crippen molar-refractivity contribution < 1.29 is 17.6 Å². The molecule has 0 atom stereocenters. The molecule has 0 N–H and O–H groups in total. The molecule has 1 aliphatic rings. The Morgan fingerprint density at radius 2 is 1.77 bits per heavy atom. The molecular weight excluding hydrogens is 405 g/mol. The topological polar surface area (TPSA) is 70.6 Å². The molecule has 0 spiro atoms. The summed E-state index contributed by atoms with van der Waals surface area (Å²) in [6.07, 6.45) is 2.17. The van der Waals surface area contributed by atoms with Gasteiger partial charge >= 0.3 is 0 Å². The van der Waals surface area contributed by atoms with Gasteiger partial charge in [0.15, 0.2) is 0 Å². The standard InChI is InChI=1S/C22H22FN3O3S/c1-16-5-10-20(19-4-2-11-24-21(16)19)30(28,29)26-13-3-12-25(14-15-26)22(27)17-6-8-18(23)9-7-17/h2,4-11H,3,12-15H2,1H3. The van der Waals surface area contributed by atoms with E-state index in [0.29, 0.717) is 36.0 Å². The zero-order valence-corrected chi connectivity index (χ0v) is 17.4. The van der Waals surface area contributed by atoms with Gasteiger partial charge in [0.2, 0.25) is 10.0 Å². The quantitative estimate of drug-likeness (QED) is 0.644. The van der Waals surface area contributed by atoms with Gasteiger partial charge in [-0.2, -0.15) is 4.31 Å². The summed E-state index contributed by atoms with van der Waals surface area (Å²) in [5, 5.41) is 0.598. The van der Waals surface area contributed by atoms with Crippen molar-refractivity contribution in [2.75, 3.05) is 26.2 Å². The van der Waals surface area contributed by atoms with Crippen LogP contribution in [0.4, 0.5) is 4.39 Å². The van der Waals surface area contributed by atoms with Crippen molar-refractivity contribution >= 4 is 26.8 Å². The molecule has 1 fully saturated rings. The number of aryl methyl sites for hydroxylation is 1. The van der Waals surface area contributed by atoms with Crippen LogP contribution in [-0.4, -0.2) is 54.7 Å². The van der Waals surface area contributed by atoms with E-state index in [0.717, 1.165) is 5.56 Å². The molecule has 1 aromatic heterocycles. The molecule has 0 saturated carbocycles. The Hall–Kier alpha value is -2.84. The van der Waals surface area contributed by atoms with Crippen LogP contribution in [0, 0.1) is 12.7 Å². The van der Waals surface area contributed by atoms with E-state index in [2.05, 4.69) is 4.98 Å². The summed E-state index contributed by atoms with van der Waals surface area (Å²) in [4.78, 5) is 18.9. The fraction of sp³-hybridized carbons (Fsp3) is 0.273. The lowest BCUT2D eigenvalue weighted by molar-refractivity contribution is 0.0764. The van der Waals surface area contributed by atoms with Crippen molar-refractivity contribution in [3.63, 3.8) is 0 Å². The average molecular weight is 428 g/mol. The zero-order chi connectivity index (χ0) is 21.3. The molecule has 0 unspecified atom stereocenters. The first kappa shape index (κ1) is 20.4. The van der Waals surface area contributed by atoms with E-state index in [4.69, 9.17) is 0 Å². The molecule has 4 rings (SSSR count). The first-order valence-electron chi connectivity index (χ1n) is 9.77. The summed E-state index contributed by atoms with van der Waals surface area (Å²) >= 11 is 0. The van der Waals surface area contributed by atoms with Crippen molar-refractivity contribution in [3.05, 3.63) is 71.7 Å². The van der Waals surface area contributed by atoms with Gasteiger partial charge in [-0.1, -0.05) is 6.07 Å². The molecule has 2 heterocycles. The van der Waals surface area contributed by atoms with E-state index in [-0.39, 0.29) is 23.9 Å². The molecule has 30 heavy (non-hydrogen) atoms. The number of benzene rings is 2. The predicted octanol–water partition coefficient (Wildman–Crippen LogP) is 3.22. The Bertz CT molecular complexity index is 1200. The average Bonchev–Trinajstić information content (AvgIpc) is 3.01. The number of fused-ring (bicyclic) bond motifs is 1. The molecule has 1 saturated heterocycles. The SMILES string of the molecule is Cc1ccc(S(=O)(=O)N2CCCN(C(=O)c3ccc(F)cc3)CC2)c2cccnc12. The largest absolute Gasteiger partial charge is 0.337 e. The molecule has 156 valence electrons. The monoisotopic (exact) mass is 427 g/mol. The molecule has 2 aromatic carbocycles. The lowest BCUT2D eigenvalue weighted by Crippen LogP contribution is -2.37. The van der Waals surface area contributed by atoms with E-state index in [1.165, 1.54) is 28.6 Å². The van der Waals surface area contributed by atoms with Gasteiger partial charge in [-0.3, -0.25) is 9.78 Å². The van der Waals surface area contributed by atoms with Crippen LogP contribution < -0.4 is 0 Å². The maximum atomic E-state index is 13.4. The first-order valence-corrected chi connectivity index (χ1v) is 11.2. The molecule has 3 aromatic rings. The van der Waals surface area contributed by atoms with Gasteiger partial charge in [-0.15, -0.1) is 0 Å². The Morgan fingerprint density at radius 1 is 1.00 bits per heavy atom. The van der Waals surface area contributed by atoms with Gasteiger partial charge in [0.05, 0.1) is 10.4 Å². The predicted molar refractivity (Wildman–Crippen MR) is 112 cm³/mol. The van der Waals surface area contributed by atoms with Crippen LogP contribution in [0.1, 0.15) is 22.3 Å². The normalized spacial score (nSPS) is 15.9. The van der Waals surface area contributed by atoms with Crippen molar-refractivity contribution in [2.24, 2.45) is 0 Å². The Balaban J connectivity index is 1.58. The molecule has 0 aliphatic carbocycles. The summed E-state index contributed by atoms with van der Waals surface area (Å²) < 4.78 is 41.4.